The monoisotopic (exact) mass is 210 g/mol. The Morgan fingerprint density at radius 1 is 1.43 bits per heavy atom. The summed E-state index contributed by atoms with van der Waals surface area (Å²) in [5.41, 5.74) is 1.44. The van der Waals surface area contributed by atoms with Gasteiger partial charge in [-0.25, -0.2) is 4.98 Å². The molecular weight excluding hydrogens is 192 g/mol. The minimum absolute atomic E-state index is 0.348. The van der Waals surface area contributed by atoms with Crippen molar-refractivity contribution in [3.8, 4) is 0 Å². The largest absolute Gasteiger partial charge is 0.347 e. The number of aromatic nitrogens is 2. The Morgan fingerprint density at radius 3 is 2.57 bits per heavy atom. The molecule has 0 unspecified atom stereocenters. The van der Waals surface area contributed by atoms with Gasteiger partial charge in [0.1, 0.15) is 10.5 Å². The molecule has 0 radical (unpaired) electrons. The zero-order valence-corrected chi connectivity index (χ0v) is 10.2. The molecule has 2 nitrogen and oxygen atoms in total. The molecule has 1 aromatic heterocycles. The van der Waals surface area contributed by atoms with Gasteiger partial charge in [-0.15, -0.1) is 0 Å². The first-order valence-corrected chi connectivity index (χ1v) is 5.34. The maximum Gasteiger partial charge on any atom is 0.129 e. The van der Waals surface area contributed by atoms with E-state index in [-0.39, 0.29) is 0 Å². The molecule has 1 heterocycles. The van der Waals surface area contributed by atoms with E-state index in [2.05, 4.69) is 30.7 Å². The van der Waals surface area contributed by atoms with Gasteiger partial charge in [-0.05, 0) is 24.8 Å². The highest BCUT2D eigenvalue weighted by Crippen LogP contribution is 2.20. The van der Waals surface area contributed by atoms with Crippen LogP contribution in [0, 0.1) is 17.0 Å². The summed E-state index contributed by atoms with van der Waals surface area (Å²) in [6.45, 7) is 8.71. The Hall–Kier alpha value is -0.700. The average molecular weight is 210 g/mol. The van der Waals surface area contributed by atoms with Crippen LogP contribution in [-0.2, 0) is 6.42 Å². The highest BCUT2D eigenvalue weighted by atomic mass is 32.1. The summed E-state index contributed by atoms with van der Waals surface area (Å²) < 4.78 is 0.685. The SMILES string of the molecule is Cc1cc(=S)nc(CCC(C)(C)C)[nH]1. The number of H-pyrrole nitrogens is 1. The van der Waals surface area contributed by atoms with E-state index < -0.39 is 0 Å². The topological polar surface area (TPSA) is 28.7 Å². The van der Waals surface area contributed by atoms with E-state index >= 15 is 0 Å². The lowest BCUT2D eigenvalue weighted by molar-refractivity contribution is 0.374. The fraction of sp³-hybridized carbons (Fsp3) is 0.636. The third-order valence-electron chi connectivity index (χ3n) is 2.04. The fourth-order valence-electron chi connectivity index (χ4n) is 1.25. The van der Waals surface area contributed by atoms with Crippen molar-refractivity contribution in [2.24, 2.45) is 5.41 Å². The van der Waals surface area contributed by atoms with Gasteiger partial charge in [0.25, 0.3) is 0 Å². The van der Waals surface area contributed by atoms with Crippen molar-refractivity contribution in [2.45, 2.75) is 40.5 Å². The lowest BCUT2D eigenvalue weighted by atomic mass is 9.90. The van der Waals surface area contributed by atoms with Crippen molar-refractivity contribution >= 4 is 12.2 Å². The van der Waals surface area contributed by atoms with E-state index in [9.17, 15) is 0 Å². The molecule has 1 N–H and O–H groups in total. The van der Waals surface area contributed by atoms with Crippen LogP contribution in [0.2, 0.25) is 0 Å². The van der Waals surface area contributed by atoms with Crippen LogP contribution in [-0.4, -0.2) is 9.97 Å². The third kappa shape index (κ3) is 4.01. The molecule has 0 fully saturated rings. The van der Waals surface area contributed by atoms with Gasteiger partial charge in [0.15, 0.2) is 0 Å². The smallest absolute Gasteiger partial charge is 0.129 e. The number of nitrogens with zero attached hydrogens (tertiary/aromatic N) is 1. The van der Waals surface area contributed by atoms with Crippen LogP contribution in [0.1, 0.15) is 38.7 Å². The molecule has 0 saturated heterocycles. The van der Waals surface area contributed by atoms with Gasteiger partial charge in [0, 0.05) is 12.1 Å². The summed E-state index contributed by atoms with van der Waals surface area (Å²) in [5.74, 6) is 1.00. The normalized spacial score (nSPS) is 11.7. The highest BCUT2D eigenvalue weighted by Gasteiger charge is 2.10. The number of hydrogen-bond donors (Lipinski definition) is 1. The van der Waals surface area contributed by atoms with Crippen LogP contribution in [0.25, 0.3) is 0 Å². The highest BCUT2D eigenvalue weighted by molar-refractivity contribution is 7.71. The van der Waals surface area contributed by atoms with Crippen LogP contribution in [0.15, 0.2) is 6.07 Å². The summed E-state index contributed by atoms with van der Waals surface area (Å²) >= 11 is 5.06. The van der Waals surface area contributed by atoms with E-state index in [4.69, 9.17) is 12.2 Å². The van der Waals surface area contributed by atoms with Crippen LogP contribution < -0.4 is 0 Å². The first-order valence-electron chi connectivity index (χ1n) is 4.94. The van der Waals surface area contributed by atoms with Crippen molar-refractivity contribution in [1.82, 2.24) is 9.97 Å². The van der Waals surface area contributed by atoms with Gasteiger partial charge >= 0.3 is 0 Å². The number of hydrogen-bond acceptors (Lipinski definition) is 2. The lowest BCUT2D eigenvalue weighted by Crippen LogP contribution is -2.08. The summed E-state index contributed by atoms with van der Waals surface area (Å²) in [6.07, 6.45) is 2.09. The second-order valence-electron chi connectivity index (χ2n) is 4.91. The van der Waals surface area contributed by atoms with Gasteiger partial charge < -0.3 is 4.98 Å². The summed E-state index contributed by atoms with van der Waals surface area (Å²) in [6, 6.07) is 1.88. The number of rotatable bonds is 2. The maximum atomic E-state index is 5.06. The molecule has 0 spiro atoms. The molecule has 0 amide bonds. The molecule has 78 valence electrons. The number of aryl methyl sites for hydroxylation is 2. The predicted molar refractivity (Wildman–Crippen MR) is 61.9 cm³/mol. The van der Waals surface area contributed by atoms with Gasteiger partial charge in [0.2, 0.25) is 0 Å². The van der Waals surface area contributed by atoms with E-state index in [1.807, 2.05) is 13.0 Å². The fourth-order valence-corrected chi connectivity index (χ4v) is 1.54. The molecule has 0 atom stereocenters. The van der Waals surface area contributed by atoms with E-state index in [0.29, 0.717) is 10.1 Å². The van der Waals surface area contributed by atoms with Crippen LogP contribution >= 0.6 is 12.2 Å². The van der Waals surface area contributed by atoms with Crippen molar-refractivity contribution in [3.63, 3.8) is 0 Å². The first kappa shape index (κ1) is 11.4. The first-order chi connectivity index (χ1) is 6.37. The van der Waals surface area contributed by atoms with Crippen molar-refractivity contribution in [1.29, 1.82) is 0 Å². The Bertz CT molecular complexity index is 360. The standard InChI is InChI=1S/C11H18N2S/c1-8-7-10(14)13-9(12-8)5-6-11(2,3)4/h7H,5-6H2,1-4H3,(H,12,13,14). The zero-order chi connectivity index (χ0) is 10.8. The maximum absolute atomic E-state index is 5.06. The molecular formula is C11H18N2S. The minimum Gasteiger partial charge on any atom is -0.347 e. The molecule has 1 rings (SSSR count). The zero-order valence-electron chi connectivity index (χ0n) is 9.35. The van der Waals surface area contributed by atoms with Gasteiger partial charge in [-0.2, -0.15) is 0 Å². The predicted octanol–water partition coefficient (Wildman–Crippen LogP) is 3.43. The Labute approximate surface area is 90.8 Å². The molecule has 3 heteroatoms. The average Bonchev–Trinajstić information content (AvgIpc) is 1.97. The molecule has 14 heavy (non-hydrogen) atoms. The van der Waals surface area contributed by atoms with Gasteiger partial charge in [0.05, 0.1) is 0 Å². The van der Waals surface area contributed by atoms with Crippen LogP contribution in [0.4, 0.5) is 0 Å². The lowest BCUT2D eigenvalue weighted by Gasteiger charge is -2.17. The number of aromatic amines is 1. The summed E-state index contributed by atoms with van der Waals surface area (Å²) in [5, 5.41) is 0. The Balaban J connectivity index is 2.73. The Morgan fingerprint density at radius 2 is 2.07 bits per heavy atom. The van der Waals surface area contributed by atoms with Crippen LogP contribution in [0.3, 0.4) is 0 Å². The summed E-state index contributed by atoms with van der Waals surface area (Å²) in [4.78, 5) is 7.54. The van der Waals surface area contributed by atoms with Crippen molar-refractivity contribution < 1.29 is 0 Å². The second kappa shape index (κ2) is 4.22. The Kier molecular flexibility index (Phi) is 3.43. The quantitative estimate of drug-likeness (QED) is 0.758. The van der Waals surface area contributed by atoms with E-state index in [0.717, 1.165) is 24.4 Å². The molecule has 0 aliphatic heterocycles. The van der Waals surface area contributed by atoms with Crippen molar-refractivity contribution in [3.05, 3.63) is 22.2 Å². The van der Waals surface area contributed by atoms with Gasteiger partial charge in [-0.3, -0.25) is 0 Å². The molecule has 1 aromatic rings. The second-order valence-corrected chi connectivity index (χ2v) is 5.33. The van der Waals surface area contributed by atoms with Crippen molar-refractivity contribution in [2.75, 3.05) is 0 Å². The summed E-state index contributed by atoms with van der Waals surface area (Å²) in [7, 11) is 0. The molecule has 0 aromatic carbocycles. The molecule has 0 bridgehead atoms. The molecule has 0 aliphatic rings. The van der Waals surface area contributed by atoms with E-state index in [1.165, 1.54) is 0 Å². The van der Waals surface area contributed by atoms with Crippen LogP contribution in [0.5, 0.6) is 0 Å². The van der Waals surface area contributed by atoms with Gasteiger partial charge in [-0.1, -0.05) is 33.0 Å². The minimum atomic E-state index is 0.348. The third-order valence-corrected chi connectivity index (χ3v) is 2.25. The molecule has 0 saturated carbocycles. The van der Waals surface area contributed by atoms with E-state index in [1.54, 1.807) is 0 Å². The molecule has 0 aliphatic carbocycles. The number of nitrogens with one attached hydrogen (secondary N) is 1.